The number of rotatable bonds is 5. The Hall–Kier alpha value is -2.90. The van der Waals surface area contributed by atoms with Crippen molar-refractivity contribution in [2.75, 3.05) is 6.79 Å². The first-order valence-electron chi connectivity index (χ1n) is 9.96. The lowest BCUT2D eigenvalue weighted by Gasteiger charge is -2.09. The van der Waals surface area contributed by atoms with Gasteiger partial charge in [0.25, 0.3) is 0 Å². The van der Waals surface area contributed by atoms with Crippen LogP contribution in [0.15, 0.2) is 24.4 Å². The molecule has 5 rings (SSSR count). The number of benzene rings is 1. The monoisotopic (exact) mass is 380 g/mol. The molecule has 0 N–H and O–H groups in total. The predicted molar refractivity (Wildman–Crippen MR) is 101 cm³/mol. The Kier molecular flexibility index (Phi) is 4.46. The Labute approximate surface area is 163 Å². The molecule has 146 valence electrons. The van der Waals surface area contributed by atoms with Gasteiger partial charge in [0.2, 0.25) is 6.79 Å². The molecule has 3 aromatic rings. The molecule has 8 nitrogen and oxygen atoms in total. The Balaban J connectivity index is 1.28. The number of fused-ring (bicyclic) bond motifs is 2. The van der Waals surface area contributed by atoms with Crippen molar-refractivity contribution in [3.05, 3.63) is 47.3 Å². The minimum absolute atomic E-state index is 0.254. The lowest BCUT2D eigenvalue weighted by Crippen LogP contribution is -2.10. The second kappa shape index (κ2) is 7.26. The molecule has 2 aliphatic rings. The van der Waals surface area contributed by atoms with Gasteiger partial charge in [-0.1, -0.05) is 24.6 Å². The molecule has 2 aromatic heterocycles. The van der Waals surface area contributed by atoms with E-state index in [4.69, 9.17) is 9.47 Å². The third-order valence-corrected chi connectivity index (χ3v) is 5.53. The van der Waals surface area contributed by atoms with Gasteiger partial charge in [0, 0.05) is 25.1 Å². The summed E-state index contributed by atoms with van der Waals surface area (Å²) in [5.74, 6) is 3.96. The molecule has 0 amide bonds. The number of nitrogens with zero attached hydrogens (tertiary/aromatic N) is 6. The van der Waals surface area contributed by atoms with Crippen molar-refractivity contribution in [1.29, 1.82) is 0 Å². The van der Waals surface area contributed by atoms with E-state index in [9.17, 15) is 0 Å². The van der Waals surface area contributed by atoms with Gasteiger partial charge in [-0.15, -0.1) is 15.3 Å². The molecule has 8 heteroatoms. The maximum atomic E-state index is 5.47. The van der Waals surface area contributed by atoms with Crippen LogP contribution in [-0.4, -0.2) is 36.6 Å². The molecule has 0 radical (unpaired) electrons. The summed E-state index contributed by atoms with van der Waals surface area (Å²) < 4.78 is 15.0. The van der Waals surface area contributed by atoms with Crippen LogP contribution in [0.3, 0.4) is 0 Å². The average molecular weight is 380 g/mol. The van der Waals surface area contributed by atoms with Crippen molar-refractivity contribution >= 4 is 0 Å². The standard InChI is InChI=1S/C20H24N6O2/c1-14(9-15-6-7-17-18(10-15)28-13-27-17)16-11-25(24-21-16)12-20-23-22-19-5-3-2-4-8-26(19)20/h6-7,10-11,14H,2-5,8-9,12-13H2,1H3/t14-/m0/s1. The summed E-state index contributed by atoms with van der Waals surface area (Å²) in [6, 6.07) is 6.10. The smallest absolute Gasteiger partial charge is 0.231 e. The van der Waals surface area contributed by atoms with Crippen molar-refractivity contribution in [2.45, 2.75) is 58.0 Å². The lowest BCUT2D eigenvalue weighted by molar-refractivity contribution is 0.174. The Bertz CT molecular complexity index is 979. The van der Waals surface area contributed by atoms with E-state index >= 15 is 0 Å². The fourth-order valence-electron chi connectivity index (χ4n) is 3.95. The van der Waals surface area contributed by atoms with Gasteiger partial charge in [-0.25, -0.2) is 4.68 Å². The summed E-state index contributed by atoms with van der Waals surface area (Å²) in [5, 5.41) is 17.5. The first kappa shape index (κ1) is 17.2. The van der Waals surface area contributed by atoms with Crippen molar-refractivity contribution in [3.8, 4) is 11.5 Å². The van der Waals surface area contributed by atoms with E-state index in [1.54, 1.807) is 0 Å². The van der Waals surface area contributed by atoms with Crippen LogP contribution in [0.25, 0.3) is 0 Å². The Morgan fingerprint density at radius 3 is 2.96 bits per heavy atom. The second-order valence-corrected chi connectivity index (χ2v) is 7.63. The van der Waals surface area contributed by atoms with E-state index in [0.717, 1.165) is 48.2 Å². The highest BCUT2D eigenvalue weighted by Crippen LogP contribution is 2.33. The summed E-state index contributed by atoms with van der Waals surface area (Å²) in [5.41, 5.74) is 2.18. The van der Waals surface area contributed by atoms with E-state index < -0.39 is 0 Å². The van der Waals surface area contributed by atoms with Gasteiger partial charge >= 0.3 is 0 Å². The lowest BCUT2D eigenvalue weighted by atomic mass is 9.98. The molecule has 0 spiro atoms. The number of aromatic nitrogens is 6. The molecular weight excluding hydrogens is 356 g/mol. The zero-order valence-corrected chi connectivity index (χ0v) is 16.0. The fourth-order valence-corrected chi connectivity index (χ4v) is 3.95. The number of hydrogen-bond acceptors (Lipinski definition) is 6. The van der Waals surface area contributed by atoms with E-state index in [0.29, 0.717) is 13.3 Å². The molecule has 28 heavy (non-hydrogen) atoms. The molecule has 4 heterocycles. The summed E-state index contributed by atoms with van der Waals surface area (Å²) in [7, 11) is 0. The van der Waals surface area contributed by atoms with Gasteiger partial charge in [0.05, 0.1) is 5.69 Å². The quantitative estimate of drug-likeness (QED) is 0.677. The van der Waals surface area contributed by atoms with Crippen LogP contribution in [0.2, 0.25) is 0 Å². The van der Waals surface area contributed by atoms with E-state index in [1.165, 1.54) is 24.8 Å². The molecule has 2 aliphatic heterocycles. The van der Waals surface area contributed by atoms with Gasteiger partial charge in [-0.3, -0.25) is 0 Å². The van der Waals surface area contributed by atoms with Crippen molar-refractivity contribution in [3.63, 3.8) is 0 Å². The maximum absolute atomic E-state index is 5.47. The highest BCUT2D eigenvalue weighted by Gasteiger charge is 2.18. The van der Waals surface area contributed by atoms with Crippen molar-refractivity contribution in [2.24, 2.45) is 0 Å². The highest BCUT2D eigenvalue weighted by atomic mass is 16.7. The molecule has 1 aromatic carbocycles. The molecule has 1 atom stereocenters. The average Bonchev–Trinajstić information content (AvgIpc) is 3.40. The number of ether oxygens (including phenoxy) is 2. The fraction of sp³-hybridized carbons (Fsp3) is 0.500. The molecule has 0 saturated carbocycles. The first-order valence-corrected chi connectivity index (χ1v) is 9.96. The van der Waals surface area contributed by atoms with E-state index in [-0.39, 0.29) is 5.92 Å². The van der Waals surface area contributed by atoms with Crippen LogP contribution in [0.1, 0.15) is 55.0 Å². The highest BCUT2D eigenvalue weighted by molar-refractivity contribution is 5.44. The minimum atomic E-state index is 0.254. The molecular formula is C20H24N6O2. The molecule has 0 unspecified atom stereocenters. The first-order chi connectivity index (χ1) is 13.8. The predicted octanol–water partition coefficient (Wildman–Crippen LogP) is 2.72. The van der Waals surface area contributed by atoms with E-state index in [2.05, 4.69) is 44.1 Å². The van der Waals surface area contributed by atoms with Gasteiger partial charge in [-0.05, 0) is 37.0 Å². The summed E-state index contributed by atoms with van der Waals surface area (Å²) in [4.78, 5) is 0. The minimum Gasteiger partial charge on any atom is -0.454 e. The normalized spacial score (nSPS) is 16.6. The van der Waals surface area contributed by atoms with Crippen LogP contribution in [0, 0.1) is 0 Å². The van der Waals surface area contributed by atoms with Gasteiger partial charge in [0.1, 0.15) is 12.4 Å². The number of aryl methyl sites for hydroxylation is 1. The molecule has 0 bridgehead atoms. The Morgan fingerprint density at radius 2 is 2.00 bits per heavy atom. The summed E-state index contributed by atoms with van der Waals surface area (Å²) >= 11 is 0. The number of hydrogen-bond donors (Lipinski definition) is 0. The summed E-state index contributed by atoms with van der Waals surface area (Å²) in [6.45, 7) is 4.08. The SMILES string of the molecule is C[C@@H](Cc1ccc2c(c1)OCO2)c1cn(Cc2nnc3n2CCCCC3)nn1. The maximum Gasteiger partial charge on any atom is 0.231 e. The van der Waals surface area contributed by atoms with Gasteiger partial charge in [0.15, 0.2) is 17.3 Å². The molecule has 0 fully saturated rings. The third-order valence-electron chi connectivity index (χ3n) is 5.53. The second-order valence-electron chi connectivity index (χ2n) is 7.63. The molecule has 0 aliphatic carbocycles. The topological polar surface area (TPSA) is 79.9 Å². The van der Waals surface area contributed by atoms with Crippen LogP contribution in [-0.2, 0) is 25.9 Å². The van der Waals surface area contributed by atoms with E-state index in [1.807, 2.05) is 16.9 Å². The van der Waals surface area contributed by atoms with Crippen molar-refractivity contribution < 1.29 is 9.47 Å². The zero-order valence-electron chi connectivity index (χ0n) is 16.0. The van der Waals surface area contributed by atoms with Crippen molar-refractivity contribution in [1.82, 2.24) is 29.8 Å². The van der Waals surface area contributed by atoms with Gasteiger partial charge < -0.3 is 14.0 Å². The van der Waals surface area contributed by atoms with Crippen LogP contribution in [0.4, 0.5) is 0 Å². The third kappa shape index (κ3) is 3.34. The van der Waals surface area contributed by atoms with Gasteiger partial charge in [-0.2, -0.15) is 0 Å². The summed E-state index contributed by atoms with van der Waals surface area (Å²) in [6.07, 6.45) is 7.55. The van der Waals surface area contributed by atoms with Crippen LogP contribution in [0.5, 0.6) is 11.5 Å². The Morgan fingerprint density at radius 1 is 1.07 bits per heavy atom. The zero-order chi connectivity index (χ0) is 18.9. The largest absolute Gasteiger partial charge is 0.454 e. The molecule has 0 saturated heterocycles. The van der Waals surface area contributed by atoms with Crippen LogP contribution < -0.4 is 9.47 Å². The van der Waals surface area contributed by atoms with Crippen LogP contribution >= 0.6 is 0 Å².